The normalized spacial score (nSPS) is 22.6. The first-order chi connectivity index (χ1) is 19.4. The molecule has 224 valence electrons. The Balaban J connectivity index is 1.76. The Labute approximate surface area is 244 Å². The molecule has 5 atom stereocenters. The Hall–Kier alpha value is -1.76. The molecule has 0 bridgehead atoms. The molecule has 1 fully saturated rings. The summed E-state index contributed by atoms with van der Waals surface area (Å²) in [4.78, 5) is 2.43. The van der Waals surface area contributed by atoms with Crippen LogP contribution in [-0.2, 0) is 27.4 Å². The summed E-state index contributed by atoms with van der Waals surface area (Å²) in [7, 11) is 2.21. The van der Waals surface area contributed by atoms with Crippen LogP contribution in [0.25, 0.3) is 0 Å². The average molecular weight is 554 g/mol. The van der Waals surface area contributed by atoms with E-state index in [4.69, 9.17) is 14.2 Å². The van der Waals surface area contributed by atoms with E-state index in [9.17, 15) is 5.11 Å². The van der Waals surface area contributed by atoms with E-state index in [0.717, 1.165) is 50.6 Å². The molecule has 3 rings (SSSR count). The molecule has 40 heavy (non-hydrogen) atoms. The smallest absolute Gasteiger partial charge is 0.102 e. The lowest BCUT2D eigenvalue weighted by molar-refractivity contribution is -0.128. The van der Waals surface area contributed by atoms with Crippen molar-refractivity contribution in [2.24, 2.45) is 0 Å². The molecule has 0 spiro atoms. The summed E-state index contributed by atoms with van der Waals surface area (Å²) in [6.45, 7) is 8.77. The van der Waals surface area contributed by atoms with E-state index < -0.39 is 5.60 Å². The lowest BCUT2D eigenvalue weighted by Crippen LogP contribution is -2.50. The Morgan fingerprint density at radius 3 is 1.90 bits per heavy atom. The standard InChI is InChI=1S/C35H55NO4/c1-5-7-9-10-18-24-36(4)33-31(38-26-29-19-13-11-14-20-29)25-32(39-27-30-21-15-12-16-22-30)34(33)40-28-35(3,37)23-17-8-6-2/h11-16,19-22,31-34,37H,5-10,17-18,23-28H2,1-4H3. The minimum absolute atomic E-state index is 0.0170. The van der Waals surface area contributed by atoms with E-state index in [2.05, 4.69) is 74.3 Å². The second-order valence-electron chi connectivity index (χ2n) is 12.0. The number of unbranched alkanes of at least 4 members (excludes halogenated alkanes) is 6. The van der Waals surface area contributed by atoms with Crippen LogP contribution in [-0.4, -0.2) is 60.2 Å². The van der Waals surface area contributed by atoms with Gasteiger partial charge in [0.05, 0.1) is 43.7 Å². The number of aliphatic hydroxyl groups is 1. The molecule has 0 aliphatic heterocycles. The first kappa shape index (κ1) is 32.8. The Kier molecular flexibility index (Phi) is 14.7. The van der Waals surface area contributed by atoms with Crippen molar-refractivity contribution in [1.29, 1.82) is 0 Å². The van der Waals surface area contributed by atoms with Gasteiger partial charge in [-0.3, -0.25) is 4.90 Å². The molecule has 0 amide bonds. The molecule has 0 heterocycles. The number of hydrogen-bond acceptors (Lipinski definition) is 5. The predicted octanol–water partition coefficient (Wildman–Crippen LogP) is 7.55. The highest BCUT2D eigenvalue weighted by Crippen LogP contribution is 2.34. The van der Waals surface area contributed by atoms with Gasteiger partial charge in [0.25, 0.3) is 0 Å². The van der Waals surface area contributed by atoms with Gasteiger partial charge < -0.3 is 19.3 Å². The van der Waals surface area contributed by atoms with Crippen molar-refractivity contribution in [1.82, 2.24) is 4.90 Å². The third-order valence-electron chi connectivity index (χ3n) is 8.19. The lowest BCUT2D eigenvalue weighted by Gasteiger charge is -2.36. The van der Waals surface area contributed by atoms with Gasteiger partial charge in [-0.25, -0.2) is 0 Å². The van der Waals surface area contributed by atoms with Crippen LogP contribution in [0.2, 0.25) is 0 Å². The van der Waals surface area contributed by atoms with Crippen LogP contribution in [0, 0.1) is 0 Å². The number of benzene rings is 2. The lowest BCUT2D eigenvalue weighted by atomic mass is 9.99. The van der Waals surface area contributed by atoms with Gasteiger partial charge >= 0.3 is 0 Å². The largest absolute Gasteiger partial charge is 0.388 e. The fraction of sp³-hybridized carbons (Fsp3) is 0.657. The van der Waals surface area contributed by atoms with E-state index in [1.54, 1.807) is 0 Å². The van der Waals surface area contributed by atoms with Crippen LogP contribution in [0.5, 0.6) is 0 Å². The average Bonchev–Trinajstić information content (AvgIpc) is 3.32. The van der Waals surface area contributed by atoms with Crippen molar-refractivity contribution in [3.8, 4) is 0 Å². The highest BCUT2D eigenvalue weighted by molar-refractivity contribution is 5.15. The zero-order valence-corrected chi connectivity index (χ0v) is 25.6. The van der Waals surface area contributed by atoms with Gasteiger partial charge in [0.15, 0.2) is 0 Å². The van der Waals surface area contributed by atoms with E-state index >= 15 is 0 Å². The molecule has 5 heteroatoms. The van der Waals surface area contributed by atoms with E-state index in [0.29, 0.717) is 19.8 Å². The van der Waals surface area contributed by atoms with Gasteiger partial charge in [0.1, 0.15) is 6.10 Å². The molecule has 0 radical (unpaired) electrons. The molecule has 1 saturated carbocycles. The molecule has 2 aromatic rings. The predicted molar refractivity (Wildman–Crippen MR) is 164 cm³/mol. The summed E-state index contributed by atoms with van der Waals surface area (Å²) in [6, 6.07) is 20.8. The van der Waals surface area contributed by atoms with Crippen molar-refractivity contribution in [3.63, 3.8) is 0 Å². The third-order valence-corrected chi connectivity index (χ3v) is 8.19. The minimum atomic E-state index is -0.856. The van der Waals surface area contributed by atoms with Crippen LogP contribution in [0.15, 0.2) is 60.7 Å². The second-order valence-corrected chi connectivity index (χ2v) is 12.0. The fourth-order valence-electron chi connectivity index (χ4n) is 5.78. The zero-order valence-electron chi connectivity index (χ0n) is 25.6. The van der Waals surface area contributed by atoms with Crippen LogP contribution in [0.1, 0.15) is 96.1 Å². The Bertz CT molecular complexity index is 906. The van der Waals surface area contributed by atoms with Gasteiger partial charge in [-0.05, 0) is 44.5 Å². The van der Waals surface area contributed by atoms with Gasteiger partial charge in [-0.2, -0.15) is 0 Å². The summed E-state index contributed by atoms with van der Waals surface area (Å²) in [5.41, 5.74) is 1.47. The molecule has 5 unspecified atom stereocenters. The minimum Gasteiger partial charge on any atom is -0.388 e. The molecule has 0 saturated heterocycles. The topological polar surface area (TPSA) is 51.2 Å². The van der Waals surface area contributed by atoms with E-state index in [1.807, 2.05) is 19.1 Å². The quantitative estimate of drug-likeness (QED) is 0.172. The van der Waals surface area contributed by atoms with Crippen LogP contribution >= 0.6 is 0 Å². The van der Waals surface area contributed by atoms with Gasteiger partial charge in [-0.1, -0.05) is 119 Å². The third kappa shape index (κ3) is 11.3. The number of nitrogens with zero attached hydrogens (tertiary/aromatic N) is 1. The monoisotopic (exact) mass is 553 g/mol. The molecule has 1 aliphatic carbocycles. The van der Waals surface area contributed by atoms with Gasteiger partial charge in [-0.15, -0.1) is 0 Å². The number of likely N-dealkylation sites (N-methyl/N-ethyl adjacent to an activating group) is 1. The van der Waals surface area contributed by atoms with E-state index in [-0.39, 0.29) is 24.4 Å². The highest BCUT2D eigenvalue weighted by atomic mass is 16.6. The van der Waals surface area contributed by atoms with E-state index in [1.165, 1.54) is 31.2 Å². The molecule has 1 aliphatic rings. The van der Waals surface area contributed by atoms with Gasteiger partial charge in [0, 0.05) is 6.42 Å². The Morgan fingerprint density at radius 1 is 0.750 bits per heavy atom. The van der Waals surface area contributed by atoms with Crippen LogP contribution in [0.3, 0.4) is 0 Å². The zero-order chi connectivity index (χ0) is 28.6. The maximum absolute atomic E-state index is 11.2. The first-order valence-electron chi connectivity index (χ1n) is 15.8. The first-order valence-corrected chi connectivity index (χ1v) is 15.8. The second kappa shape index (κ2) is 17.9. The number of ether oxygens (including phenoxy) is 3. The summed E-state index contributed by atoms with van der Waals surface area (Å²) in [6.07, 6.45) is 10.7. The molecular weight excluding hydrogens is 498 g/mol. The fourth-order valence-corrected chi connectivity index (χ4v) is 5.78. The van der Waals surface area contributed by atoms with Crippen molar-refractivity contribution in [2.75, 3.05) is 20.2 Å². The van der Waals surface area contributed by atoms with Crippen molar-refractivity contribution < 1.29 is 19.3 Å². The van der Waals surface area contributed by atoms with Crippen molar-refractivity contribution >= 4 is 0 Å². The maximum atomic E-state index is 11.2. The molecule has 1 N–H and O–H groups in total. The summed E-state index contributed by atoms with van der Waals surface area (Å²) < 4.78 is 19.9. The molecular formula is C35H55NO4. The summed E-state index contributed by atoms with van der Waals surface area (Å²) in [5.74, 6) is 0. The highest BCUT2D eigenvalue weighted by Gasteiger charge is 2.48. The van der Waals surface area contributed by atoms with Crippen molar-refractivity contribution in [3.05, 3.63) is 71.8 Å². The summed E-state index contributed by atoms with van der Waals surface area (Å²) in [5, 5.41) is 11.2. The van der Waals surface area contributed by atoms with Crippen LogP contribution in [0.4, 0.5) is 0 Å². The molecule has 5 nitrogen and oxygen atoms in total. The SMILES string of the molecule is CCCCCCCN(C)C1C(OCc2ccccc2)CC(OCc2ccccc2)C1OCC(C)(O)CCCCC. The van der Waals surface area contributed by atoms with Crippen LogP contribution < -0.4 is 0 Å². The number of hydrogen-bond donors (Lipinski definition) is 1. The van der Waals surface area contributed by atoms with Gasteiger partial charge in [0.2, 0.25) is 0 Å². The number of rotatable bonds is 20. The van der Waals surface area contributed by atoms with Crippen molar-refractivity contribution in [2.45, 2.75) is 128 Å². The Morgan fingerprint density at radius 2 is 1.30 bits per heavy atom. The maximum Gasteiger partial charge on any atom is 0.102 e. The summed E-state index contributed by atoms with van der Waals surface area (Å²) >= 11 is 0. The molecule has 2 aromatic carbocycles. The molecule has 0 aromatic heterocycles.